The molecule has 0 fully saturated rings. The lowest BCUT2D eigenvalue weighted by molar-refractivity contribution is -0.137. The number of likely N-dealkylation sites (N-methyl/N-ethyl adjacent to an activating group) is 1. The summed E-state index contributed by atoms with van der Waals surface area (Å²) in [6.07, 6.45) is 1.27. The first-order valence-corrected chi connectivity index (χ1v) is 3.97. The lowest BCUT2D eigenvalue weighted by Gasteiger charge is -2.10. The molecule has 0 spiro atoms. The molecule has 0 saturated heterocycles. The Morgan fingerprint density at radius 2 is 2.08 bits per heavy atom. The van der Waals surface area contributed by atoms with Crippen LogP contribution in [0.15, 0.2) is 0 Å². The number of carboxylic acids is 1. The maximum absolute atomic E-state index is 10.8. The summed E-state index contributed by atoms with van der Waals surface area (Å²) in [6, 6.07) is -0.190. The van der Waals surface area contributed by atoms with Crippen LogP contribution in [0.1, 0.15) is 26.2 Å². The first-order chi connectivity index (χ1) is 5.57. The molecule has 2 N–H and O–H groups in total. The first kappa shape index (κ1) is 11.1. The molecule has 0 amide bonds. The van der Waals surface area contributed by atoms with E-state index in [4.69, 9.17) is 5.11 Å². The summed E-state index contributed by atoms with van der Waals surface area (Å²) in [5.74, 6) is -0.753. The summed E-state index contributed by atoms with van der Waals surface area (Å²) in [6.45, 7) is 1.50. The van der Waals surface area contributed by atoms with Crippen molar-refractivity contribution in [1.82, 2.24) is 5.32 Å². The van der Waals surface area contributed by atoms with E-state index in [1.165, 1.54) is 6.92 Å². The van der Waals surface area contributed by atoms with Crippen LogP contribution in [-0.2, 0) is 9.59 Å². The van der Waals surface area contributed by atoms with Crippen molar-refractivity contribution in [3.05, 3.63) is 0 Å². The molecule has 0 heterocycles. The maximum Gasteiger partial charge on any atom is 0.303 e. The number of aliphatic carboxylic acids is 1. The Balaban J connectivity index is 3.59. The van der Waals surface area contributed by atoms with Gasteiger partial charge in [-0.15, -0.1) is 0 Å². The van der Waals surface area contributed by atoms with Crippen molar-refractivity contribution >= 4 is 11.8 Å². The van der Waals surface area contributed by atoms with Gasteiger partial charge in [-0.3, -0.25) is 9.59 Å². The van der Waals surface area contributed by atoms with Gasteiger partial charge in [-0.25, -0.2) is 0 Å². The zero-order valence-corrected chi connectivity index (χ0v) is 7.46. The van der Waals surface area contributed by atoms with Crippen LogP contribution in [0.25, 0.3) is 0 Å². The Morgan fingerprint density at radius 3 is 2.42 bits per heavy atom. The standard InChI is InChI=1S/C8H15NO3/c1-6(10)7(9-2)4-3-5-8(11)12/h7,9H,3-5H2,1-2H3,(H,11,12)/t7-/m0/s1. The molecular formula is C8H15NO3. The van der Waals surface area contributed by atoms with Gasteiger partial charge in [0.2, 0.25) is 0 Å². The Kier molecular flexibility index (Phi) is 5.28. The SMILES string of the molecule is CN[C@@H](CCCC(=O)O)C(C)=O. The summed E-state index contributed by atoms with van der Waals surface area (Å²) in [5.41, 5.74) is 0. The summed E-state index contributed by atoms with van der Waals surface area (Å²) in [7, 11) is 1.70. The highest BCUT2D eigenvalue weighted by atomic mass is 16.4. The molecule has 4 heteroatoms. The molecular weight excluding hydrogens is 158 g/mol. The number of ketones is 1. The van der Waals surface area contributed by atoms with E-state index in [1.54, 1.807) is 7.05 Å². The predicted octanol–water partition coefficient (Wildman–Crippen LogP) is 0.418. The first-order valence-electron chi connectivity index (χ1n) is 3.97. The minimum Gasteiger partial charge on any atom is -0.481 e. The number of nitrogens with one attached hydrogen (secondary N) is 1. The summed E-state index contributed by atoms with van der Waals surface area (Å²) in [5, 5.41) is 11.2. The number of hydrogen-bond acceptors (Lipinski definition) is 3. The third-order valence-electron chi connectivity index (χ3n) is 1.72. The van der Waals surface area contributed by atoms with Gasteiger partial charge in [0, 0.05) is 6.42 Å². The topological polar surface area (TPSA) is 66.4 Å². The van der Waals surface area contributed by atoms with Gasteiger partial charge in [0.05, 0.1) is 6.04 Å². The van der Waals surface area contributed by atoms with E-state index >= 15 is 0 Å². The molecule has 0 aliphatic carbocycles. The highest BCUT2D eigenvalue weighted by molar-refractivity contribution is 5.81. The predicted molar refractivity (Wildman–Crippen MR) is 45.0 cm³/mol. The van der Waals surface area contributed by atoms with Gasteiger partial charge in [-0.1, -0.05) is 0 Å². The molecule has 0 aromatic carbocycles. The molecule has 0 radical (unpaired) electrons. The van der Waals surface area contributed by atoms with Crippen molar-refractivity contribution in [3.63, 3.8) is 0 Å². The monoisotopic (exact) mass is 173 g/mol. The number of rotatable bonds is 6. The van der Waals surface area contributed by atoms with Crippen LogP contribution in [0.4, 0.5) is 0 Å². The summed E-state index contributed by atoms with van der Waals surface area (Å²) >= 11 is 0. The van der Waals surface area contributed by atoms with Crippen molar-refractivity contribution in [2.45, 2.75) is 32.2 Å². The van der Waals surface area contributed by atoms with Gasteiger partial charge in [0.1, 0.15) is 5.78 Å². The number of Topliss-reactive ketones (excluding diaryl/α,β-unsaturated/α-hetero) is 1. The van der Waals surface area contributed by atoms with Gasteiger partial charge < -0.3 is 10.4 Å². The Labute approximate surface area is 72.0 Å². The normalized spacial score (nSPS) is 12.5. The molecule has 1 atom stereocenters. The molecule has 0 saturated carbocycles. The minimum atomic E-state index is -0.812. The number of carboxylic acid groups (broad SMARTS) is 1. The summed E-state index contributed by atoms with van der Waals surface area (Å²) < 4.78 is 0. The van der Waals surface area contributed by atoms with E-state index in [2.05, 4.69) is 5.32 Å². The second kappa shape index (κ2) is 5.71. The maximum atomic E-state index is 10.8. The van der Waals surface area contributed by atoms with Crippen molar-refractivity contribution < 1.29 is 14.7 Å². The quantitative estimate of drug-likeness (QED) is 0.610. The largest absolute Gasteiger partial charge is 0.481 e. The van der Waals surface area contributed by atoms with E-state index in [9.17, 15) is 9.59 Å². The fourth-order valence-corrected chi connectivity index (χ4v) is 1.01. The van der Waals surface area contributed by atoms with Gasteiger partial charge >= 0.3 is 5.97 Å². The second-order valence-electron chi connectivity index (χ2n) is 2.74. The van der Waals surface area contributed by atoms with Crippen LogP contribution in [0.2, 0.25) is 0 Å². The zero-order chi connectivity index (χ0) is 9.56. The number of carbonyl (C=O) groups is 2. The van der Waals surface area contributed by atoms with Gasteiger partial charge in [0.25, 0.3) is 0 Å². The Hall–Kier alpha value is -0.900. The Bertz CT molecular complexity index is 168. The van der Waals surface area contributed by atoms with Crippen LogP contribution in [0.5, 0.6) is 0 Å². The van der Waals surface area contributed by atoms with E-state index in [0.29, 0.717) is 12.8 Å². The molecule has 0 bridgehead atoms. The molecule has 0 aliphatic rings. The van der Waals surface area contributed by atoms with Crippen molar-refractivity contribution in [1.29, 1.82) is 0 Å². The molecule has 4 nitrogen and oxygen atoms in total. The van der Waals surface area contributed by atoms with Gasteiger partial charge in [0.15, 0.2) is 0 Å². The van der Waals surface area contributed by atoms with Crippen LogP contribution in [0, 0.1) is 0 Å². The molecule has 0 aliphatic heterocycles. The van der Waals surface area contributed by atoms with E-state index in [1.807, 2.05) is 0 Å². The van der Waals surface area contributed by atoms with Gasteiger partial charge in [-0.05, 0) is 26.8 Å². The molecule has 0 aromatic rings. The van der Waals surface area contributed by atoms with Crippen molar-refractivity contribution in [2.75, 3.05) is 7.05 Å². The molecule has 0 rings (SSSR count). The van der Waals surface area contributed by atoms with Gasteiger partial charge in [-0.2, -0.15) is 0 Å². The fraction of sp³-hybridized carbons (Fsp3) is 0.750. The average molecular weight is 173 g/mol. The van der Waals surface area contributed by atoms with E-state index < -0.39 is 5.97 Å². The molecule has 0 aromatic heterocycles. The average Bonchev–Trinajstić information content (AvgIpc) is 1.96. The number of hydrogen-bond donors (Lipinski definition) is 2. The molecule has 0 unspecified atom stereocenters. The lowest BCUT2D eigenvalue weighted by Crippen LogP contribution is -2.32. The summed E-state index contributed by atoms with van der Waals surface area (Å²) in [4.78, 5) is 21.0. The van der Waals surface area contributed by atoms with Crippen LogP contribution in [-0.4, -0.2) is 29.9 Å². The third-order valence-corrected chi connectivity index (χ3v) is 1.72. The number of carbonyl (C=O) groups excluding carboxylic acids is 1. The highest BCUT2D eigenvalue weighted by Gasteiger charge is 2.11. The lowest BCUT2D eigenvalue weighted by atomic mass is 10.1. The third kappa shape index (κ3) is 4.85. The highest BCUT2D eigenvalue weighted by Crippen LogP contribution is 2.01. The van der Waals surface area contributed by atoms with E-state index in [-0.39, 0.29) is 18.2 Å². The smallest absolute Gasteiger partial charge is 0.303 e. The van der Waals surface area contributed by atoms with Crippen molar-refractivity contribution in [3.8, 4) is 0 Å². The molecule has 70 valence electrons. The van der Waals surface area contributed by atoms with Crippen LogP contribution in [0.3, 0.4) is 0 Å². The van der Waals surface area contributed by atoms with Crippen LogP contribution < -0.4 is 5.32 Å². The Morgan fingerprint density at radius 1 is 1.50 bits per heavy atom. The minimum absolute atomic E-state index is 0.0582. The van der Waals surface area contributed by atoms with Crippen LogP contribution >= 0.6 is 0 Å². The zero-order valence-electron chi connectivity index (χ0n) is 7.46. The second-order valence-corrected chi connectivity index (χ2v) is 2.74. The van der Waals surface area contributed by atoms with E-state index in [0.717, 1.165) is 0 Å². The molecule has 12 heavy (non-hydrogen) atoms. The fourth-order valence-electron chi connectivity index (χ4n) is 1.01. The van der Waals surface area contributed by atoms with Crippen molar-refractivity contribution in [2.24, 2.45) is 0 Å².